The molecule has 15 heavy (non-hydrogen) atoms. The molecule has 0 aromatic carbocycles. The molecule has 0 atom stereocenters. The Kier molecular flexibility index (Phi) is 5.76. The van der Waals surface area contributed by atoms with Gasteiger partial charge in [0.1, 0.15) is 0 Å². The van der Waals surface area contributed by atoms with Crippen LogP contribution in [0.2, 0.25) is 0 Å². The second kappa shape index (κ2) is 7.22. The lowest BCUT2D eigenvalue weighted by atomic mass is 10.0. The molecule has 0 fully saturated rings. The van der Waals surface area contributed by atoms with E-state index in [0.717, 1.165) is 44.1 Å². The van der Waals surface area contributed by atoms with Crippen molar-refractivity contribution in [2.75, 3.05) is 0 Å². The number of hydrogen-bond donors (Lipinski definition) is 0. The van der Waals surface area contributed by atoms with Crippen LogP contribution in [0.5, 0.6) is 0 Å². The van der Waals surface area contributed by atoms with Crippen molar-refractivity contribution < 1.29 is 4.79 Å². The van der Waals surface area contributed by atoms with E-state index in [1.807, 2.05) is 0 Å². The Balaban J connectivity index is 2.59. The average molecular weight is 204 g/mol. The second-order valence-electron chi connectivity index (χ2n) is 3.92. The Morgan fingerprint density at radius 1 is 0.933 bits per heavy atom. The van der Waals surface area contributed by atoms with Gasteiger partial charge >= 0.3 is 0 Å². The van der Waals surface area contributed by atoms with Crippen molar-refractivity contribution in [1.29, 1.82) is 0 Å². The first-order valence-corrected chi connectivity index (χ1v) is 5.80. The van der Waals surface area contributed by atoms with Gasteiger partial charge in [0.25, 0.3) is 0 Å². The number of carbonyl (C=O) groups is 1. The number of ketones is 1. The van der Waals surface area contributed by atoms with Crippen molar-refractivity contribution in [3.05, 3.63) is 36.0 Å². The van der Waals surface area contributed by atoms with E-state index in [1.165, 1.54) is 0 Å². The van der Waals surface area contributed by atoms with Crippen molar-refractivity contribution in [2.45, 2.75) is 45.4 Å². The van der Waals surface area contributed by atoms with Crippen molar-refractivity contribution in [1.82, 2.24) is 0 Å². The van der Waals surface area contributed by atoms with E-state index in [1.54, 1.807) is 6.92 Å². The maximum absolute atomic E-state index is 11.3. The van der Waals surface area contributed by atoms with Gasteiger partial charge in [-0.15, -0.1) is 0 Å². The summed E-state index contributed by atoms with van der Waals surface area (Å²) >= 11 is 0. The van der Waals surface area contributed by atoms with Gasteiger partial charge in [0.2, 0.25) is 0 Å². The van der Waals surface area contributed by atoms with Crippen molar-refractivity contribution in [3.8, 4) is 0 Å². The van der Waals surface area contributed by atoms with Gasteiger partial charge in [-0.05, 0) is 51.0 Å². The standard InChI is InChI=1S/C14H20O/c1-13(15)14-11-9-7-5-3-2-4-6-8-10-12-14/h3,5-6,8,11H,2,4,7,9-10,12H2,1H3/b5-3?,8-6?,14-11-. The zero-order valence-electron chi connectivity index (χ0n) is 9.54. The van der Waals surface area contributed by atoms with Crippen LogP contribution in [-0.4, -0.2) is 5.78 Å². The lowest BCUT2D eigenvalue weighted by Gasteiger charge is -2.01. The lowest BCUT2D eigenvalue weighted by molar-refractivity contribution is -0.113. The average Bonchev–Trinajstić information content (AvgIpc) is 2.18. The van der Waals surface area contributed by atoms with Crippen LogP contribution < -0.4 is 0 Å². The van der Waals surface area contributed by atoms with E-state index in [2.05, 4.69) is 30.4 Å². The molecule has 0 spiro atoms. The van der Waals surface area contributed by atoms with Gasteiger partial charge in [0, 0.05) is 0 Å². The molecule has 1 heteroatoms. The summed E-state index contributed by atoms with van der Waals surface area (Å²) in [6.07, 6.45) is 17.1. The monoisotopic (exact) mass is 204 g/mol. The fourth-order valence-corrected chi connectivity index (χ4v) is 1.68. The SMILES string of the molecule is CC(=O)/C1=C\CCC=CCCC=CCC1. The minimum Gasteiger partial charge on any atom is -0.295 e. The highest BCUT2D eigenvalue weighted by Gasteiger charge is 2.01. The summed E-state index contributed by atoms with van der Waals surface area (Å²) in [6, 6.07) is 0. The van der Waals surface area contributed by atoms with E-state index in [4.69, 9.17) is 0 Å². The molecular weight excluding hydrogens is 184 g/mol. The predicted octanol–water partition coefficient (Wildman–Crippen LogP) is 3.97. The summed E-state index contributed by atoms with van der Waals surface area (Å²) in [4.78, 5) is 11.3. The summed E-state index contributed by atoms with van der Waals surface area (Å²) in [5, 5.41) is 0. The third kappa shape index (κ3) is 5.36. The zero-order valence-corrected chi connectivity index (χ0v) is 9.54. The van der Waals surface area contributed by atoms with Gasteiger partial charge in [0.05, 0.1) is 0 Å². The maximum Gasteiger partial charge on any atom is 0.155 e. The van der Waals surface area contributed by atoms with Crippen LogP contribution in [-0.2, 0) is 4.79 Å². The third-order valence-corrected chi connectivity index (χ3v) is 2.59. The Bertz CT molecular complexity index is 282. The summed E-state index contributed by atoms with van der Waals surface area (Å²) < 4.78 is 0. The minimum atomic E-state index is 0.226. The predicted molar refractivity (Wildman–Crippen MR) is 64.7 cm³/mol. The molecule has 0 amide bonds. The van der Waals surface area contributed by atoms with Crippen molar-refractivity contribution in [3.63, 3.8) is 0 Å². The Morgan fingerprint density at radius 3 is 2.07 bits per heavy atom. The highest BCUT2D eigenvalue weighted by atomic mass is 16.1. The van der Waals surface area contributed by atoms with Crippen molar-refractivity contribution in [2.24, 2.45) is 0 Å². The Morgan fingerprint density at radius 2 is 1.47 bits per heavy atom. The van der Waals surface area contributed by atoms with E-state index in [9.17, 15) is 4.79 Å². The van der Waals surface area contributed by atoms with Crippen LogP contribution in [0.3, 0.4) is 0 Å². The van der Waals surface area contributed by atoms with Gasteiger partial charge < -0.3 is 0 Å². The molecule has 0 heterocycles. The Labute approximate surface area is 92.6 Å². The van der Waals surface area contributed by atoms with Gasteiger partial charge in [0.15, 0.2) is 5.78 Å². The molecule has 1 aliphatic carbocycles. The summed E-state index contributed by atoms with van der Waals surface area (Å²) in [5.74, 6) is 0.226. The smallest absolute Gasteiger partial charge is 0.155 e. The van der Waals surface area contributed by atoms with Crippen LogP contribution in [0, 0.1) is 0 Å². The summed E-state index contributed by atoms with van der Waals surface area (Å²) in [6.45, 7) is 1.66. The van der Waals surface area contributed by atoms with E-state index < -0.39 is 0 Å². The molecule has 0 aromatic heterocycles. The molecule has 82 valence electrons. The lowest BCUT2D eigenvalue weighted by Crippen LogP contribution is -1.96. The summed E-state index contributed by atoms with van der Waals surface area (Å²) in [5.41, 5.74) is 0.994. The normalized spacial score (nSPS) is 22.3. The van der Waals surface area contributed by atoms with Crippen LogP contribution in [0.15, 0.2) is 36.0 Å². The molecule has 1 nitrogen and oxygen atoms in total. The van der Waals surface area contributed by atoms with Crippen LogP contribution in [0.1, 0.15) is 45.4 Å². The summed E-state index contributed by atoms with van der Waals surface area (Å²) in [7, 11) is 0. The van der Waals surface area contributed by atoms with E-state index >= 15 is 0 Å². The van der Waals surface area contributed by atoms with Gasteiger partial charge in [-0.1, -0.05) is 30.4 Å². The first-order chi connectivity index (χ1) is 7.30. The number of hydrogen-bond acceptors (Lipinski definition) is 1. The molecule has 0 aliphatic heterocycles. The van der Waals surface area contributed by atoms with Crippen LogP contribution >= 0.6 is 0 Å². The molecule has 0 saturated carbocycles. The molecule has 1 rings (SSSR count). The molecule has 0 unspecified atom stereocenters. The fourth-order valence-electron chi connectivity index (χ4n) is 1.68. The third-order valence-electron chi connectivity index (χ3n) is 2.59. The second-order valence-corrected chi connectivity index (χ2v) is 3.92. The first-order valence-electron chi connectivity index (χ1n) is 5.80. The highest BCUT2D eigenvalue weighted by Crippen LogP contribution is 2.11. The van der Waals surface area contributed by atoms with E-state index in [-0.39, 0.29) is 5.78 Å². The maximum atomic E-state index is 11.3. The largest absolute Gasteiger partial charge is 0.295 e. The number of allylic oxidation sites excluding steroid dienone is 6. The number of carbonyl (C=O) groups excluding carboxylic acids is 1. The van der Waals surface area contributed by atoms with E-state index in [0.29, 0.717) is 0 Å². The number of Topliss-reactive ketones (excluding diaryl/α,β-unsaturated/α-hetero) is 1. The topological polar surface area (TPSA) is 17.1 Å². The van der Waals surface area contributed by atoms with Crippen LogP contribution in [0.25, 0.3) is 0 Å². The van der Waals surface area contributed by atoms with Gasteiger partial charge in [-0.25, -0.2) is 0 Å². The molecule has 1 aliphatic rings. The first kappa shape index (κ1) is 12.0. The minimum absolute atomic E-state index is 0.226. The fraction of sp³-hybridized carbons (Fsp3) is 0.500. The molecular formula is C14H20O. The number of rotatable bonds is 1. The zero-order chi connectivity index (χ0) is 10.9. The molecule has 0 N–H and O–H groups in total. The van der Waals surface area contributed by atoms with Crippen molar-refractivity contribution >= 4 is 5.78 Å². The molecule has 0 aromatic rings. The highest BCUT2D eigenvalue weighted by molar-refractivity contribution is 5.93. The van der Waals surface area contributed by atoms with Crippen LogP contribution in [0.4, 0.5) is 0 Å². The van der Waals surface area contributed by atoms with Gasteiger partial charge in [-0.2, -0.15) is 0 Å². The quantitative estimate of drug-likeness (QED) is 0.591. The molecule has 0 radical (unpaired) electrons. The molecule has 0 saturated heterocycles. The molecule has 0 bridgehead atoms. The van der Waals surface area contributed by atoms with Gasteiger partial charge in [-0.3, -0.25) is 4.79 Å². The Hall–Kier alpha value is -1.11.